The van der Waals surface area contributed by atoms with Crippen LogP contribution < -0.4 is 10.2 Å². The van der Waals surface area contributed by atoms with Crippen LogP contribution in [0.2, 0.25) is 0 Å². The summed E-state index contributed by atoms with van der Waals surface area (Å²) < 4.78 is 5.42. The van der Waals surface area contributed by atoms with Crippen LogP contribution in [-0.2, 0) is 14.9 Å². The second-order valence-corrected chi connectivity index (χ2v) is 10.6. The monoisotopic (exact) mass is 400 g/mol. The summed E-state index contributed by atoms with van der Waals surface area (Å²) >= 11 is 0. The molecule has 3 aliphatic rings. The second kappa shape index (κ2) is 7.53. The molecule has 2 saturated heterocycles. The highest BCUT2D eigenvalue weighted by atomic mass is 16.5. The SMILES string of the molecule is CC(C)(C)c1nccc(N2CCCC3C(NC(=O)C4CCOCC4)C(C)(C)C32)n1. The van der Waals surface area contributed by atoms with Crippen LogP contribution in [0.25, 0.3) is 0 Å². The zero-order chi connectivity index (χ0) is 20.8. The van der Waals surface area contributed by atoms with E-state index >= 15 is 0 Å². The largest absolute Gasteiger partial charge is 0.381 e. The van der Waals surface area contributed by atoms with Crippen LogP contribution in [0.5, 0.6) is 0 Å². The molecule has 3 atom stereocenters. The highest BCUT2D eigenvalue weighted by Crippen LogP contribution is 2.53. The van der Waals surface area contributed by atoms with Crippen molar-refractivity contribution in [2.75, 3.05) is 24.7 Å². The first kappa shape index (κ1) is 20.6. The van der Waals surface area contributed by atoms with Crippen molar-refractivity contribution in [3.63, 3.8) is 0 Å². The number of aromatic nitrogens is 2. The minimum absolute atomic E-state index is 0.0127. The molecule has 6 heteroatoms. The van der Waals surface area contributed by atoms with Gasteiger partial charge in [0.15, 0.2) is 0 Å². The van der Waals surface area contributed by atoms with Gasteiger partial charge in [-0.05, 0) is 31.7 Å². The Hall–Kier alpha value is -1.69. The molecule has 3 heterocycles. The Morgan fingerprint density at radius 2 is 1.97 bits per heavy atom. The van der Waals surface area contributed by atoms with Gasteiger partial charge in [-0.25, -0.2) is 9.97 Å². The molecular formula is C23H36N4O2. The van der Waals surface area contributed by atoms with Crippen molar-refractivity contribution in [1.82, 2.24) is 15.3 Å². The number of ether oxygens (including phenoxy) is 1. The molecule has 29 heavy (non-hydrogen) atoms. The van der Waals surface area contributed by atoms with Crippen molar-refractivity contribution in [2.45, 2.75) is 77.8 Å². The van der Waals surface area contributed by atoms with Crippen molar-refractivity contribution < 1.29 is 9.53 Å². The Kier molecular flexibility index (Phi) is 5.34. The Morgan fingerprint density at radius 1 is 1.24 bits per heavy atom. The molecule has 3 fully saturated rings. The average molecular weight is 401 g/mol. The van der Waals surface area contributed by atoms with Crippen molar-refractivity contribution in [3.8, 4) is 0 Å². The van der Waals surface area contributed by atoms with Crippen LogP contribution in [0.3, 0.4) is 0 Å². The van der Waals surface area contributed by atoms with E-state index in [1.165, 1.54) is 6.42 Å². The Balaban J connectivity index is 1.51. The molecule has 4 rings (SSSR count). The maximum atomic E-state index is 12.9. The van der Waals surface area contributed by atoms with E-state index in [1.807, 2.05) is 12.3 Å². The third-order valence-corrected chi connectivity index (χ3v) is 7.17. The van der Waals surface area contributed by atoms with E-state index in [2.05, 4.69) is 49.8 Å². The highest BCUT2D eigenvalue weighted by Gasteiger charge is 2.60. The maximum absolute atomic E-state index is 12.9. The summed E-state index contributed by atoms with van der Waals surface area (Å²) in [6.07, 6.45) is 5.88. The van der Waals surface area contributed by atoms with Gasteiger partial charge in [0.25, 0.3) is 0 Å². The van der Waals surface area contributed by atoms with Crippen molar-refractivity contribution in [1.29, 1.82) is 0 Å². The first-order chi connectivity index (χ1) is 13.7. The maximum Gasteiger partial charge on any atom is 0.223 e. The molecule has 0 aromatic carbocycles. The number of fused-ring (bicyclic) bond motifs is 1. The van der Waals surface area contributed by atoms with E-state index < -0.39 is 0 Å². The van der Waals surface area contributed by atoms with Crippen LogP contribution in [0, 0.1) is 17.3 Å². The van der Waals surface area contributed by atoms with Gasteiger partial charge in [0.2, 0.25) is 5.91 Å². The number of nitrogens with one attached hydrogen (secondary N) is 1. The molecule has 1 N–H and O–H groups in total. The predicted octanol–water partition coefficient (Wildman–Crippen LogP) is 3.31. The third-order valence-electron chi connectivity index (χ3n) is 7.17. The first-order valence-corrected chi connectivity index (χ1v) is 11.2. The summed E-state index contributed by atoms with van der Waals surface area (Å²) in [5.41, 5.74) is -0.0562. The predicted molar refractivity (Wildman–Crippen MR) is 114 cm³/mol. The van der Waals surface area contributed by atoms with Gasteiger partial charge >= 0.3 is 0 Å². The van der Waals surface area contributed by atoms with E-state index in [-0.39, 0.29) is 28.7 Å². The van der Waals surface area contributed by atoms with Gasteiger partial charge in [0.05, 0.1) is 0 Å². The Morgan fingerprint density at radius 3 is 2.66 bits per heavy atom. The van der Waals surface area contributed by atoms with Gasteiger partial charge in [0.1, 0.15) is 11.6 Å². The van der Waals surface area contributed by atoms with Crippen LogP contribution in [0.15, 0.2) is 12.3 Å². The lowest BCUT2D eigenvalue weighted by Gasteiger charge is -2.64. The van der Waals surface area contributed by atoms with E-state index in [1.54, 1.807) is 0 Å². The summed E-state index contributed by atoms with van der Waals surface area (Å²) in [7, 11) is 0. The Bertz CT molecular complexity index is 751. The molecule has 0 bridgehead atoms. The molecule has 3 unspecified atom stereocenters. The second-order valence-electron chi connectivity index (χ2n) is 10.6. The number of nitrogens with zero attached hydrogens (tertiary/aromatic N) is 3. The third kappa shape index (κ3) is 3.76. The molecule has 1 aromatic rings. The molecule has 1 saturated carbocycles. The summed E-state index contributed by atoms with van der Waals surface area (Å²) in [4.78, 5) is 24.8. The number of hydrogen-bond acceptors (Lipinski definition) is 5. The van der Waals surface area contributed by atoms with E-state index in [4.69, 9.17) is 9.72 Å². The lowest BCUT2D eigenvalue weighted by atomic mass is 9.52. The molecule has 0 radical (unpaired) electrons. The van der Waals surface area contributed by atoms with E-state index in [0.717, 1.165) is 37.4 Å². The van der Waals surface area contributed by atoms with Gasteiger partial charge in [0, 0.05) is 60.7 Å². The molecular weight excluding hydrogens is 364 g/mol. The lowest BCUT2D eigenvalue weighted by Crippen LogP contribution is -2.75. The number of anilines is 1. The summed E-state index contributed by atoms with van der Waals surface area (Å²) in [5.74, 6) is 2.73. The molecule has 6 nitrogen and oxygen atoms in total. The zero-order valence-electron chi connectivity index (χ0n) is 18.6. The van der Waals surface area contributed by atoms with Gasteiger partial charge < -0.3 is 15.0 Å². The number of amides is 1. The molecule has 0 spiro atoms. The zero-order valence-corrected chi connectivity index (χ0v) is 18.6. The number of piperidine rings is 1. The van der Waals surface area contributed by atoms with E-state index in [0.29, 0.717) is 25.2 Å². The summed E-state index contributed by atoms with van der Waals surface area (Å²) in [5, 5.41) is 3.43. The quantitative estimate of drug-likeness (QED) is 0.843. The number of rotatable bonds is 3. The summed E-state index contributed by atoms with van der Waals surface area (Å²) in [6.45, 7) is 13.5. The van der Waals surface area contributed by atoms with Gasteiger partial charge in [-0.1, -0.05) is 34.6 Å². The van der Waals surface area contributed by atoms with Crippen LogP contribution in [0.1, 0.15) is 66.1 Å². The minimum Gasteiger partial charge on any atom is -0.381 e. The van der Waals surface area contributed by atoms with Crippen LogP contribution in [-0.4, -0.2) is 47.7 Å². The molecule has 1 aromatic heterocycles. The molecule has 1 amide bonds. The Labute approximate surface area is 174 Å². The average Bonchev–Trinajstić information content (AvgIpc) is 2.71. The van der Waals surface area contributed by atoms with Gasteiger partial charge in [-0.3, -0.25) is 4.79 Å². The molecule has 2 aliphatic heterocycles. The first-order valence-electron chi connectivity index (χ1n) is 11.2. The van der Waals surface area contributed by atoms with E-state index in [9.17, 15) is 4.79 Å². The van der Waals surface area contributed by atoms with Crippen molar-refractivity contribution >= 4 is 11.7 Å². The van der Waals surface area contributed by atoms with Gasteiger partial charge in [-0.2, -0.15) is 0 Å². The van der Waals surface area contributed by atoms with Gasteiger partial charge in [-0.15, -0.1) is 0 Å². The highest BCUT2D eigenvalue weighted by molar-refractivity contribution is 5.79. The van der Waals surface area contributed by atoms with Crippen molar-refractivity contribution in [3.05, 3.63) is 18.1 Å². The normalized spacial score (nSPS) is 29.7. The number of hydrogen-bond donors (Lipinski definition) is 1. The number of carbonyl (C=O) groups excluding carboxylic acids is 1. The number of carbonyl (C=O) groups is 1. The molecule has 160 valence electrons. The summed E-state index contributed by atoms with van der Waals surface area (Å²) in [6, 6.07) is 2.68. The minimum atomic E-state index is -0.0689. The molecule has 1 aliphatic carbocycles. The fraction of sp³-hybridized carbons (Fsp3) is 0.783. The van der Waals surface area contributed by atoms with Crippen LogP contribution >= 0.6 is 0 Å². The fourth-order valence-electron chi connectivity index (χ4n) is 5.60. The standard InChI is InChI=1S/C23H36N4O2/c1-22(2,3)21-24-11-8-17(25-21)27-12-6-7-16-18(23(4,5)19(16)27)26-20(28)15-9-13-29-14-10-15/h8,11,15-16,18-19H,6-7,9-10,12-14H2,1-5H3,(H,26,28). The lowest BCUT2D eigenvalue weighted by molar-refractivity contribution is -0.134. The smallest absolute Gasteiger partial charge is 0.223 e. The van der Waals surface area contributed by atoms with Crippen LogP contribution in [0.4, 0.5) is 5.82 Å². The van der Waals surface area contributed by atoms with Crippen molar-refractivity contribution in [2.24, 2.45) is 17.3 Å². The fourth-order valence-corrected chi connectivity index (χ4v) is 5.60. The topological polar surface area (TPSA) is 67.4 Å².